The summed E-state index contributed by atoms with van der Waals surface area (Å²) in [7, 11) is 0. The molecule has 1 aromatic heterocycles. The summed E-state index contributed by atoms with van der Waals surface area (Å²) in [6.45, 7) is 2.20. The molecule has 5 heteroatoms. The molecule has 0 atom stereocenters. The van der Waals surface area contributed by atoms with Gasteiger partial charge in [0, 0.05) is 6.54 Å². The van der Waals surface area contributed by atoms with Gasteiger partial charge in [-0.05, 0) is 24.6 Å². The largest absolute Gasteiger partial charge is 0.328 e. The van der Waals surface area contributed by atoms with Crippen molar-refractivity contribution in [3.05, 3.63) is 44.9 Å². The summed E-state index contributed by atoms with van der Waals surface area (Å²) in [4.78, 5) is 26.0. The molecular weight excluding hydrogens is 211 g/mol. The number of fused-ring (bicyclic) bond motifs is 1. The van der Waals surface area contributed by atoms with E-state index in [-0.39, 0.29) is 5.39 Å². The highest BCUT2D eigenvalue weighted by atomic mass is 19.1. The molecule has 0 aliphatic rings. The molecule has 0 aliphatic heterocycles. The van der Waals surface area contributed by atoms with Crippen molar-refractivity contribution >= 4 is 10.9 Å². The lowest BCUT2D eigenvalue weighted by molar-refractivity contribution is 0.617. The van der Waals surface area contributed by atoms with Crippen molar-refractivity contribution in [2.75, 3.05) is 0 Å². The van der Waals surface area contributed by atoms with Gasteiger partial charge >= 0.3 is 5.69 Å². The van der Waals surface area contributed by atoms with Gasteiger partial charge in [0.25, 0.3) is 5.56 Å². The smallest absolute Gasteiger partial charge is 0.307 e. The fraction of sp³-hybridized carbons (Fsp3) is 0.273. The van der Waals surface area contributed by atoms with Gasteiger partial charge in [0.05, 0.1) is 10.9 Å². The zero-order chi connectivity index (χ0) is 11.7. The lowest BCUT2D eigenvalue weighted by atomic mass is 10.2. The number of hydrogen-bond acceptors (Lipinski definition) is 2. The van der Waals surface area contributed by atoms with Crippen LogP contribution in [-0.2, 0) is 6.54 Å². The molecule has 1 aromatic carbocycles. The Labute approximate surface area is 90.3 Å². The van der Waals surface area contributed by atoms with Crippen LogP contribution in [0.4, 0.5) is 4.39 Å². The first-order valence-electron chi connectivity index (χ1n) is 5.06. The van der Waals surface area contributed by atoms with Gasteiger partial charge < -0.3 is 4.98 Å². The number of hydrogen-bond donors (Lipinski definition) is 1. The van der Waals surface area contributed by atoms with Gasteiger partial charge in [-0.25, -0.2) is 9.18 Å². The van der Waals surface area contributed by atoms with E-state index < -0.39 is 17.1 Å². The van der Waals surface area contributed by atoms with Gasteiger partial charge in [-0.3, -0.25) is 9.36 Å². The second-order valence-corrected chi connectivity index (χ2v) is 3.58. The molecule has 0 saturated carbocycles. The van der Waals surface area contributed by atoms with E-state index in [0.29, 0.717) is 18.5 Å². The van der Waals surface area contributed by atoms with E-state index in [2.05, 4.69) is 4.98 Å². The summed E-state index contributed by atoms with van der Waals surface area (Å²) >= 11 is 0. The van der Waals surface area contributed by atoms with Crippen LogP contribution in [-0.4, -0.2) is 9.55 Å². The quantitative estimate of drug-likeness (QED) is 0.831. The lowest BCUT2D eigenvalue weighted by Crippen LogP contribution is -2.34. The minimum Gasteiger partial charge on any atom is -0.307 e. The Morgan fingerprint density at radius 1 is 1.38 bits per heavy atom. The van der Waals surface area contributed by atoms with Gasteiger partial charge in [-0.1, -0.05) is 6.92 Å². The van der Waals surface area contributed by atoms with Crippen LogP contribution in [0.15, 0.2) is 27.8 Å². The molecule has 4 nitrogen and oxygen atoms in total. The molecule has 1 heterocycles. The van der Waals surface area contributed by atoms with Crippen LogP contribution >= 0.6 is 0 Å². The van der Waals surface area contributed by atoms with Crippen LogP contribution < -0.4 is 11.2 Å². The van der Waals surface area contributed by atoms with Crippen molar-refractivity contribution in [2.45, 2.75) is 19.9 Å². The van der Waals surface area contributed by atoms with E-state index >= 15 is 0 Å². The van der Waals surface area contributed by atoms with Crippen LogP contribution in [0.25, 0.3) is 10.9 Å². The fourth-order valence-corrected chi connectivity index (χ4v) is 1.65. The van der Waals surface area contributed by atoms with Crippen molar-refractivity contribution in [1.82, 2.24) is 9.55 Å². The standard InChI is InChI=1S/C11H11FN2O2/c1-2-5-14-10(15)8-6-7(12)3-4-9(8)13-11(14)16/h3-4,6H,2,5H2,1H3,(H,13,16). The number of nitrogens with zero attached hydrogens (tertiary/aromatic N) is 1. The summed E-state index contributed by atoms with van der Waals surface area (Å²) in [6.07, 6.45) is 0.670. The third-order valence-electron chi connectivity index (χ3n) is 2.39. The average Bonchev–Trinajstić information content (AvgIpc) is 2.26. The Bertz CT molecular complexity index is 642. The van der Waals surface area contributed by atoms with E-state index in [1.807, 2.05) is 6.92 Å². The van der Waals surface area contributed by atoms with Gasteiger partial charge in [-0.15, -0.1) is 0 Å². The van der Waals surface area contributed by atoms with Crippen LogP contribution in [0.2, 0.25) is 0 Å². The Morgan fingerprint density at radius 3 is 2.81 bits per heavy atom. The van der Waals surface area contributed by atoms with Gasteiger partial charge in [-0.2, -0.15) is 0 Å². The fourth-order valence-electron chi connectivity index (χ4n) is 1.65. The maximum Gasteiger partial charge on any atom is 0.328 e. The third kappa shape index (κ3) is 1.64. The number of rotatable bonds is 2. The highest BCUT2D eigenvalue weighted by Crippen LogP contribution is 2.07. The molecule has 0 radical (unpaired) electrons. The third-order valence-corrected chi connectivity index (χ3v) is 2.39. The predicted molar refractivity (Wildman–Crippen MR) is 59.1 cm³/mol. The van der Waals surface area contributed by atoms with Crippen LogP contribution in [0.5, 0.6) is 0 Å². The molecular formula is C11H11FN2O2. The maximum absolute atomic E-state index is 13.0. The molecule has 2 aromatic rings. The molecule has 16 heavy (non-hydrogen) atoms. The zero-order valence-electron chi connectivity index (χ0n) is 8.79. The normalized spacial score (nSPS) is 10.9. The van der Waals surface area contributed by atoms with Gasteiger partial charge in [0.2, 0.25) is 0 Å². The van der Waals surface area contributed by atoms with Crippen LogP contribution in [0.3, 0.4) is 0 Å². The number of aromatic nitrogens is 2. The van der Waals surface area contributed by atoms with Crippen molar-refractivity contribution in [2.24, 2.45) is 0 Å². The molecule has 0 bridgehead atoms. The van der Waals surface area contributed by atoms with E-state index in [0.717, 1.165) is 10.6 Å². The number of benzene rings is 1. The molecule has 84 valence electrons. The van der Waals surface area contributed by atoms with Crippen molar-refractivity contribution in [3.63, 3.8) is 0 Å². The molecule has 0 spiro atoms. The number of nitrogens with one attached hydrogen (secondary N) is 1. The molecule has 2 rings (SSSR count). The van der Waals surface area contributed by atoms with Crippen molar-refractivity contribution in [1.29, 1.82) is 0 Å². The Kier molecular flexibility index (Phi) is 2.60. The average molecular weight is 222 g/mol. The highest BCUT2D eigenvalue weighted by molar-refractivity contribution is 5.77. The van der Waals surface area contributed by atoms with E-state index in [9.17, 15) is 14.0 Å². The predicted octanol–water partition coefficient (Wildman–Crippen LogP) is 1.24. The van der Waals surface area contributed by atoms with E-state index in [1.54, 1.807) is 0 Å². The Morgan fingerprint density at radius 2 is 2.12 bits per heavy atom. The SMILES string of the molecule is CCCn1c(=O)[nH]c2ccc(F)cc2c1=O. The van der Waals surface area contributed by atoms with E-state index in [4.69, 9.17) is 0 Å². The molecule has 1 N–H and O–H groups in total. The van der Waals surface area contributed by atoms with E-state index in [1.165, 1.54) is 12.1 Å². The second-order valence-electron chi connectivity index (χ2n) is 3.58. The minimum atomic E-state index is -0.486. The first kappa shape index (κ1) is 10.6. The second kappa shape index (κ2) is 3.92. The van der Waals surface area contributed by atoms with Gasteiger partial charge in [0.1, 0.15) is 5.82 Å². The first-order valence-corrected chi connectivity index (χ1v) is 5.06. The molecule has 0 saturated heterocycles. The molecule has 0 unspecified atom stereocenters. The van der Waals surface area contributed by atoms with Crippen molar-refractivity contribution in [3.8, 4) is 0 Å². The Balaban J connectivity index is 2.85. The molecule has 0 fully saturated rings. The summed E-state index contributed by atoms with van der Waals surface area (Å²) in [5.41, 5.74) is -0.533. The zero-order valence-corrected chi connectivity index (χ0v) is 8.79. The number of aromatic amines is 1. The highest BCUT2D eigenvalue weighted by Gasteiger charge is 2.07. The van der Waals surface area contributed by atoms with Crippen LogP contribution in [0.1, 0.15) is 13.3 Å². The summed E-state index contributed by atoms with van der Waals surface area (Å²) in [5, 5.41) is 0.202. The minimum absolute atomic E-state index is 0.202. The molecule has 0 amide bonds. The summed E-state index contributed by atoms with van der Waals surface area (Å²) in [6, 6.07) is 3.74. The number of halogens is 1. The monoisotopic (exact) mass is 222 g/mol. The first-order chi connectivity index (χ1) is 7.63. The van der Waals surface area contributed by atoms with Crippen LogP contribution in [0, 0.1) is 5.82 Å². The number of H-pyrrole nitrogens is 1. The molecule has 0 aliphatic carbocycles. The lowest BCUT2D eigenvalue weighted by Gasteiger charge is -2.04. The van der Waals surface area contributed by atoms with Gasteiger partial charge in [0.15, 0.2) is 0 Å². The summed E-state index contributed by atoms with van der Waals surface area (Å²) in [5.74, 6) is -0.486. The summed E-state index contributed by atoms with van der Waals surface area (Å²) < 4.78 is 14.1. The van der Waals surface area contributed by atoms with Crippen molar-refractivity contribution < 1.29 is 4.39 Å². The maximum atomic E-state index is 13.0. The Hall–Kier alpha value is -1.91. The topological polar surface area (TPSA) is 54.9 Å².